The van der Waals surface area contributed by atoms with E-state index in [0.29, 0.717) is 6.42 Å². The van der Waals surface area contributed by atoms with Crippen molar-refractivity contribution >= 4 is 5.91 Å². The van der Waals surface area contributed by atoms with E-state index in [1.165, 1.54) is 0 Å². The van der Waals surface area contributed by atoms with Crippen LogP contribution in [0.4, 0.5) is 0 Å². The van der Waals surface area contributed by atoms with Gasteiger partial charge in [-0.05, 0) is 12.3 Å². The largest absolute Gasteiger partial charge is 0.351 e. The average molecular weight is 264 g/mol. The van der Waals surface area contributed by atoms with E-state index in [1.54, 1.807) is 12.5 Å². The van der Waals surface area contributed by atoms with E-state index in [0.717, 1.165) is 11.3 Å². The minimum absolute atomic E-state index is 0.0427. The molecule has 0 bridgehead atoms. The predicted molar refractivity (Wildman–Crippen MR) is 76.5 cm³/mol. The van der Waals surface area contributed by atoms with Crippen molar-refractivity contribution in [3.8, 4) is 0 Å². The van der Waals surface area contributed by atoms with Crippen molar-refractivity contribution in [1.29, 1.82) is 0 Å². The Bertz CT molecular complexity index is 431. The molecule has 0 aliphatic carbocycles. The molecule has 1 aromatic heterocycles. The predicted octanol–water partition coefficient (Wildman–Crippen LogP) is 1.39. The van der Waals surface area contributed by atoms with Crippen LogP contribution in [0, 0.1) is 5.41 Å². The first-order chi connectivity index (χ1) is 8.71. The highest BCUT2D eigenvalue weighted by Gasteiger charge is 2.23. The molecule has 2 atom stereocenters. The molecular weight excluding hydrogens is 240 g/mol. The molecule has 5 heteroatoms. The second-order valence-corrected chi connectivity index (χ2v) is 5.88. The highest BCUT2D eigenvalue weighted by Crippen LogP contribution is 2.26. The van der Waals surface area contributed by atoms with E-state index in [1.807, 2.05) is 6.92 Å². The summed E-state index contributed by atoms with van der Waals surface area (Å²) >= 11 is 0. The lowest BCUT2D eigenvalue weighted by Gasteiger charge is -2.28. The molecule has 4 N–H and O–H groups in total. The zero-order chi connectivity index (χ0) is 14.6. The summed E-state index contributed by atoms with van der Waals surface area (Å²) in [5.74, 6) is -0.180. The molecule has 0 aromatic carbocycles. The maximum absolute atomic E-state index is 12.0. The zero-order valence-electron chi connectivity index (χ0n) is 12.2. The molecule has 0 aliphatic heterocycles. The fourth-order valence-corrected chi connectivity index (χ4v) is 1.78. The number of hydrogen-bond acceptors (Lipinski definition) is 3. The quantitative estimate of drug-likeness (QED) is 0.703. The van der Waals surface area contributed by atoms with Gasteiger partial charge in [0.25, 0.3) is 0 Å². The molecule has 19 heavy (non-hydrogen) atoms. The Morgan fingerprint density at radius 1 is 1.58 bits per heavy atom. The first kappa shape index (κ1) is 15.4. The topological polar surface area (TPSA) is 83.8 Å². The summed E-state index contributed by atoms with van der Waals surface area (Å²) in [5.41, 5.74) is 7.59. The van der Waals surface area contributed by atoms with E-state index in [2.05, 4.69) is 42.6 Å². The van der Waals surface area contributed by atoms with Crippen LogP contribution < -0.4 is 11.1 Å². The van der Waals surface area contributed by atoms with Crippen LogP contribution in [0.25, 0.3) is 0 Å². The minimum atomic E-state index is -0.599. The van der Waals surface area contributed by atoms with E-state index in [9.17, 15) is 4.79 Å². The van der Waals surface area contributed by atoms with Crippen molar-refractivity contribution < 1.29 is 4.79 Å². The van der Waals surface area contributed by atoms with Gasteiger partial charge < -0.3 is 16.0 Å². The van der Waals surface area contributed by atoms with Crippen molar-refractivity contribution in [3.63, 3.8) is 0 Å². The fraction of sp³-hybridized carbons (Fsp3) is 0.571. The molecule has 1 aromatic rings. The second kappa shape index (κ2) is 6.02. The van der Waals surface area contributed by atoms with Crippen LogP contribution in [-0.2, 0) is 11.2 Å². The summed E-state index contributed by atoms with van der Waals surface area (Å²) in [6.07, 6.45) is 3.73. The number of carbonyl (C=O) groups is 1. The van der Waals surface area contributed by atoms with Gasteiger partial charge in [-0.2, -0.15) is 0 Å². The Labute approximate surface area is 114 Å². The smallest absolute Gasteiger partial charge is 0.237 e. The van der Waals surface area contributed by atoms with Crippen molar-refractivity contribution in [1.82, 2.24) is 15.3 Å². The molecule has 0 aliphatic rings. The van der Waals surface area contributed by atoms with Crippen molar-refractivity contribution in [3.05, 3.63) is 30.4 Å². The van der Waals surface area contributed by atoms with Crippen LogP contribution in [0.15, 0.2) is 24.7 Å². The Hall–Kier alpha value is -1.62. The van der Waals surface area contributed by atoms with Gasteiger partial charge >= 0.3 is 0 Å². The number of nitrogens with one attached hydrogen (secondary N) is 2. The lowest BCUT2D eigenvalue weighted by Crippen LogP contribution is -2.47. The maximum atomic E-state index is 12.0. The number of amides is 1. The summed E-state index contributed by atoms with van der Waals surface area (Å²) in [7, 11) is 0. The van der Waals surface area contributed by atoms with Gasteiger partial charge in [-0.15, -0.1) is 0 Å². The van der Waals surface area contributed by atoms with Gasteiger partial charge in [-0.25, -0.2) is 4.98 Å². The van der Waals surface area contributed by atoms with Crippen LogP contribution in [0.1, 0.15) is 33.4 Å². The molecule has 106 valence electrons. The molecule has 1 heterocycles. The van der Waals surface area contributed by atoms with Crippen LogP contribution in [0.2, 0.25) is 0 Å². The van der Waals surface area contributed by atoms with Gasteiger partial charge in [0.1, 0.15) is 0 Å². The molecular formula is C14H24N4O. The van der Waals surface area contributed by atoms with E-state index in [-0.39, 0.29) is 17.4 Å². The highest BCUT2D eigenvalue weighted by atomic mass is 16.2. The number of aromatic amines is 1. The molecule has 0 radical (unpaired) electrons. The molecule has 1 rings (SSSR count). The standard InChI is InChI=1S/C14H24N4O/c1-9(14(3,4)5)10(2)18-13(19)12(15)6-11-7-16-8-17-11/h7-8,10,12H,1,6,15H2,2-5H3,(H,16,17)(H,18,19). The van der Waals surface area contributed by atoms with E-state index in [4.69, 9.17) is 5.73 Å². The van der Waals surface area contributed by atoms with Crippen molar-refractivity contribution in [2.45, 2.75) is 46.2 Å². The Kier molecular flexibility index (Phi) is 4.89. The summed E-state index contributed by atoms with van der Waals surface area (Å²) < 4.78 is 0. The van der Waals surface area contributed by atoms with Gasteiger partial charge in [0.2, 0.25) is 5.91 Å². The number of aromatic nitrogens is 2. The lowest BCUT2D eigenvalue weighted by atomic mass is 9.83. The third kappa shape index (κ3) is 4.52. The average Bonchev–Trinajstić information content (AvgIpc) is 2.79. The highest BCUT2D eigenvalue weighted by molar-refractivity contribution is 5.82. The number of carbonyl (C=O) groups excluding carboxylic acids is 1. The van der Waals surface area contributed by atoms with Gasteiger partial charge in [0, 0.05) is 18.7 Å². The van der Waals surface area contributed by atoms with Crippen LogP contribution in [-0.4, -0.2) is 28.0 Å². The minimum Gasteiger partial charge on any atom is -0.351 e. The number of nitrogens with zero attached hydrogens (tertiary/aromatic N) is 1. The number of imidazole rings is 1. The summed E-state index contributed by atoms with van der Waals surface area (Å²) in [5, 5.41) is 2.90. The van der Waals surface area contributed by atoms with Gasteiger partial charge in [-0.1, -0.05) is 32.9 Å². The van der Waals surface area contributed by atoms with Crippen LogP contribution >= 0.6 is 0 Å². The van der Waals surface area contributed by atoms with Crippen LogP contribution in [0.3, 0.4) is 0 Å². The Morgan fingerprint density at radius 2 is 2.21 bits per heavy atom. The summed E-state index contributed by atoms with van der Waals surface area (Å²) in [6, 6.07) is -0.698. The Morgan fingerprint density at radius 3 is 2.68 bits per heavy atom. The first-order valence-corrected chi connectivity index (χ1v) is 6.44. The fourth-order valence-electron chi connectivity index (χ4n) is 1.78. The molecule has 1 amide bonds. The molecule has 2 unspecified atom stereocenters. The number of H-pyrrole nitrogens is 1. The van der Waals surface area contributed by atoms with Crippen molar-refractivity contribution in [2.75, 3.05) is 0 Å². The van der Waals surface area contributed by atoms with Gasteiger partial charge in [-0.3, -0.25) is 4.79 Å². The molecule has 0 fully saturated rings. The SMILES string of the molecule is C=C(C(C)NC(=O)C(N)Cc1c[nH]cn1)C(C)(C)C. The van der Waals surface area contributed by atoms with Crippen LogP contribution in [0.5, 0.6) is 0 Å². The van der Waals surface area contributed by atoms with Crippen molar-refractivity contribution in [2.24, 2.45) is 11.1 Å². The van der Waals surface area contributed by atoms with E-state index >= 15 is 0 Å². The summed E-state index contributed by atoms with van der Waals surface area (Å²) in [6.45, 7) is 12.2. The number of nitrogens with two attached hydrogens (primary N) is 1. The Balaban J connectivity index is 2.52. The van der Waals surface area contributed by atoms with Gasteiger partial charge in [0.15, 0.2) is 0 Å². The lowest BCUT2D eigenvalue weighted by molar-refractivity contribution is -0.122. The monoisotopic (exact) mass is 264 g/mol. The van der Waals surface area contributed by atoms with Gasteiger partial charge in [0.05, 0.1) is 18.1 Å². The second-order valence-electron chi connectivity index (χ2n) is 5.88. The number of rotatable bonds is 5. The molecule has 0 spiro atoms. The molecule has 5 nitrogen and oxygen atoms in total. The third-order valence-corrected chi connectivity index (χ3v) is 3.17. The normalized spacial score (nSPS) is 14.8. The van der Waals surface area contributed by atoms with E-state index < -0.39 is 6.04 Å². The number of hydrogen-bond donors (Lipinski definition) is 3. The maximum Gasteiger partial charge on any atom is 0.237 e. The third-order valence-electron chi connectivity index (χ3n) is 3.17. The first-order valence-electron chi connectivity index (χ1n) is 6.44. The summed E-state index contributed by atoms with van der Waals surface area (Å²) in [4.78, 5) is 18.9. The zero-order valence-corrected chi connectivity index (χ0v) is 12.2. The molecule has 0 saturated heterocycles. The molecule has 0 saturated carbocycles.